The first-order valence-corrected chi connectivity index (χ1v) is 8.89. The molecule has 174 valence electrons. The van der Waals surface area contributed by atoms with Gasteiger partial charge in [-0.3, -0.25) is 4.79 Å². The maximum absolute atomic E-state index is 12.6. The molecular weight excluding hydrogens is 446 g/mol. The van der Waals surface area contributed by atoms with Crippen LogP contribution in [-0.2, 0) is 0 Å². The van der Waals surface area contributed by atoms with E-state index in [-0.39, 0.29) is 5.75 Å². The second-order valence-electron chi connectivity index (χ2n) is 6.28. The molecule has 0 atom stereocenters. The van der Waals surface area contributed by atoms with Crippen molar-refractivity contribution in [1.29, 1.82) is 0 Å². The van der Waals surface area contributed by atoms with Crippen molar-refractivity contribution in [3.05, 3.63) is 53.6 Å². The number of methoxy groups -OCH3 is 2. The summed E-state index contributed by atoms with van der Waals surface area (Å²) in [5, 5.41) is 0. The third-order valence-electron chi connectivity index (χ3n) is 3.85. The largest absolute Gasteiger partial charge is 0.493 e. The van der Waals surface area contributed by atoms with Crippen LogP contribution in [0.15, 0.2) is 42.5 Å². The lowest BCUT2D eigenvalue weighted by molar-refractivity contribution is -0.154. The Labute approximate surface area is 179 Å². The minimum Gasteiger partial charge on any atom is -0.493 e. The summed E-state index contributed by atoms with van der Waals surface area (Å²) in [6, 6.07) is 7.52. The Morgan fingerprint density at radius 3 is 2.00 bits per heavy atom. The van der Waals surface area contributed by atoms with E-state index >= 15 is 0 Å². The maximum atomic E-state index is 12.6. The van der Waals surface area contributed by atoms with Gasteiger partial charge in [0.25, 0.3) is 0 Å². The van der Waals surface area contributed by atoms with Gasteiger partial charge in [-0.05, 0) is 42.0 Å². The van der Waals surface area contributed by atoms with Gasteiger partial charge in [0.1, 0.15) is 11.5 Å². The van der Waals surface area contributed by atoms with Crippen LogP contribution in [0.5, 0.6) is 23.0 Å². The van der Waals surface area contributed by atoms with Crippen molar-refractivity contribution in [1.82, 2.24) is 0 Å². The van der Waals surface area contributed by atoms with Gasteiger partial charge in [-0.25, -0.2) is 0 Å². The Morgan fingerprint density at radius 1 is 0.812 bits per heavy atom. The summed E-state index contributed by atoms with van der Waals surface area (Å²) in [6.07, 6.45) is -6.93. The van der Waals surface area contributed by atoms with E-state index in [0.717, 1.165) is 24.3 Å². The number of alkyl halides is 6. The van der Waals surface area contributed by atoms with Gasteiger partial charge >= 0.3 is 12.4 Å². The van der Waals surface area contributed by atoms with Gasteiger partial charge in [0, 0.05) is 0 Å². The number of allylic oxidation sites excluding steroid dienone is 1. The van der Waals surface area contributed by atoms with Crippen molar-refractivity contribution in [2.75, 3.05) is 27.4 Å². The molecule has 0 bridgehead atoms. The van der Waals surface area contributed by atoms with E-state index < -0.39 is 42.7 Å². The number of hydrogen-bond donors (Lipinski definition) is 0. The number of benzene rings is 2. The SMILES string of the molecule is COc1ccc(/C=C/C(=O)c2cc(OCC(F)(F)F)ccc2OCC(F)(F)F)cc1OC. The normalized spacial score (nSPS) is 12.0. The van der Waals surface area contributed by atoms with Crippen molar-refractivity contribution in [2.24, 2.45) is 0 Å². The van der Waals surface area contributed by atoms with E-state index in [4.69, 9.17) is 9.47 Å². The molecule has 0 aliphatic heterocycles. The summed E-state index contributed by atoms with van der Waals surface area (Å²) in [4.78, 5) is 12.6. The number of rotatable bonds is 9. The van der Waals surface area contributed by atoms with Crippen molar-refractivity contribution in [3.8, 4) is 23.0 Å². The average Bonchev–Trinajstić information content (AvgIpc) is 2.73. The van der Waals surface area contributed by atoms with Crippen molar-refractivity contribution < 1.29 is 50.1 Å². The Balaban J connectivity index is 2.31. The average molecular weight is 464 g/mol. The van der Waals surface area contributed by atoms with E-state index in [1.165, 1.54) is 20.3 Å². The Morgan fingerprint density at radius 2 is 1.41 bits per heavy atom. The molecule has 0 spiro atoms. The first kappa shape index (κ1) is 24.9. The lowest BCUT2D eigenvalue weighted by Gasteiger charge is -2.14. The molecule has 0 heterocycles. The fraction of sp³-hybridized carbons (Fsp3) is 0.286. The van der Waals surface area contributed by atoms with Crippen LogP contribution in [0.3, 0.4) is 0 Å². The van der Waals surface area contributed by atoms with E-state index in [9.17, 15) is 31.1 Å². The Hall–Kier alpha value is -3.37. The molecule has 0 fully saturated rings. The van der Waals surface area contributed by atoms with Gasteiger partial charge in [-0.15, -0.1) is 0 Å². The quantitative estimate of drug-likeness (QED) is 0.279. The van der Waals surface area contributed by atoms with Crippen molar-refractivity contribution in [3.63, 3.8) is 0 Å². The molecule has 0 amide bonds. The Kier molecular flexibility index (Phi) is 8.01. The van der Waals surface area contributed by atoms with Gasteiger partial charge < -0.3 is 18.9 Å². The monoisotopic (exact) mass is 464 g/mol. The van der Waals surface area contributed by atoms with Gasteiger partial charge in [0.15, 0.2) is 30.5 Å². The fourth-order valence-electron chi connectivity index (χ4n) is 2.46. The van der Waals surface area contributed by atoms with Crippen molar-refractivity contribution >= 4 is 11.9 Å². The first-order valence-electron chi connectivity index (χ1n) is 8.89. The summed E-state index contributed by atoms with van der Waals surface area (Å²) in [5.41, 5.74) is 0.101. The molecule has 11 heteroatoms. The topological polar surface area (TPSA) is 54.0 Å². The highest BCUT2D eigenvalue weighted by Crippen LogP contribution is 2.30. The van der Waals surface area contributed by atoms with E-state index in [1.54, 1.807) is 18.2 Å². The molecule has 0 N–H and O–H groups in total. The van der Waals surface area contributed by atoms with E-state index in [1.807, 2.05) is 0 Å². The predicted octanol–water partition coefficient (Wildman–Crippen LogP) is 5.48. The molecule has 2 aromatic rings. The number of carbonyl (C=O) groups is 1. The highest BCUT2D eigenvalue weighted by molar-refractivity contribution is 6.09. The molecule has 0 saturated carbocycles. The van der Waals surface area contributed by atoms with Crippen LogP contribution in [0.1, 0.15) is 15.9 Å². The van der Waals surface area contributed by atoms with Crippen LogP contribution < -0.4 is 18.9 Å². The number of halogens is 6. The minimum absolute atomic E-state index is 0.357. The fourth-order valence-corrected chi connectivity index (χ4v) is 2.46. The molecule has 2 aromatic carbocycles. The third-order valence-corrected chi connectivity index (χ3v) is 3.85. The molecule has 0 aromatic heterocycles. The highest BCUT2D eigenvalue weighted by atomic mass is 19.4. The second-order valence-corrected chi connectivity index (χ2v) is 6.28. The summed E-state index contributed by atoms with van der Waals surface area (Å²) < 4.78 is 94.1. The van der Waals surface area contributed by atoms with Crippen LogP contribution in [-0.4, -0.2) is 45.6 Å². The zero-order valence-corrected chi connectivity index (χ0v) is 16.8. The van der Waals surface area contributed by atoms with Crippen LogP contribution in [0.2, 0.25) is 0 Å². The minimum atomic E-state index is -4.68. The summed E-state index contributed by atoms with van der Waals surface area (Å²) in [7, 11) is 2.85. The highest BCUT2D eigenvalue weighted by Gasteiger charge is 2.30. The smallest absolute Gasteiger partial charge is 0.422 e. The lowest BCUT2D eigenvalue weighted by Crippen LogP contribution is -2.21. The van der Waals surface area contributed by atoms with Gasteiger partial charge in [-0.1, -0.05) is 12.1 Å². The molecule has 0 unspecified atom stereocenters. The second kappa shape index (κ2) is 10.3. The molecule has 5 nitrogen and oxygen atoms in total. The molecule has 0 aliphatic rings. The molecule has 32 heavy (non-hydrogen) atoms. The summed E-state index contributed by atoms with van der Waals surface area (Å²) >= 11 is 0. The summed E-state index contributed by atoms with van der Waals surface area (Å²) in [5.74, 6) is -0.810. The van der Waals surface area contributed by atoms with Crippen molar-refractivity contribution in [2.45, 2.75) is 12.4 Å². The van der Waals surface area contributed by atoms with Crippen LogP contribution in [0.4, 0.5) is 26.3 Å². The zero-order chi connectivity index (χ0) is 23.9. The van der Waals surface area contributed by atoms with Gasteiger partial charge in [-0.2, -0.15) is 26.3 Å². The van der Waals surface area contributed by atoms with Crippen LogP contribution >= 0.6 is 0 Å². The van der Waals surface area contributed by atoms with Crippen LogP contribution in [0, 0.1) is 0 Å². The molecule has 0 aliphatic carbocycles. The molecule has 0 radical (unpaired) electrons. The van der Waals surface area contributed by atoms with Crippen LogP contribution in [0.25, 0.3) is 6.08 Å². The number of carbonyl (C=O) groups excluding carboxylic acids is 1. The Bertz CT molecular complexity index is 966. The van der Waals surface area contributed by atoms with E-state index in [2.05, 4.69) is 9.47 Å². The summed E-state index contributed by atoms with van der Waals surface area (Å²) in [6.45, 7) is -3.32. The number of ether oxygens (including phenoxy) is 4. The standard InChI is InChI=1S/C21H18F6O5/c1-29-18-7-4-13(9-19(18)30-2)3-6-16(28)15-10-14(31-11-20(22,23)24)5-8-17(15)32-12-21(25,26)27/h3-10H,11-12H2,1-2H3/b6-3+. The molecule has 0 saturated heterocycles. The zero-order valence-electron chi connectivity index (χ0n) is 16.8. The number of ketones is 1. The molecule has 2 rings (SSSR count). The number of hydrogen-bond acceptors (Lipinski definition) is 5. The first-order chi connectivity index (χ1) is 14.9. The third kappa shape index (κ3) is 7.71. The predicted molar refractivity (Wildman–Crippen MR) is 102 cm³/mol. The van der Waals surface area contributed by atoms with Gasteiger partial charge in [0.05, 0.1) is 19.8 Å². The molecular formula is C21H18F6O5. The van der Waals surface area contributed by atoms with E-state index in [0.29, 0.717) is 17.1 Å². The van der Waals surface area contributed by atoms with Gasteiger partial charge in [0.2, 0.25) is 0 Å². The lowest BCUT2D eigenvalue weighted by atomic mass is 10.1. The maximum Gasteiger partial charge on any atom is 0.422 e.